The standard InChI is InChI=1S/C15H23N3O2/c1-4-17-14(19)11-5-6-12(16)13(9-11)18-7-8-20-10-15(18,2)3/h5-6,9H,4,7-8,10,16H2,1-3H3,(H,17,19). The highest BCUT2D eigenvalue weighted by Gasteiger charge is 2.32. The van der Waals surface area contributed by atoms with E-state index in [1.165, 1.54) is 0 Å². The van der Waals surface area contributed by atoms with Crippen molar-refractivity contribution >= 4 is 17.3 Å². The quantitative estimate of drug-likeness (QED) is 0.824. The van der Waals surface area contributed by atoms with Crippen molar-refractivity contribution < 1.29 is 9.53 Å². The molecule has 1 aromatic rings. The molecule has 1 heterocycles. The summed E-state index contributed by atoms with van der Waals surface area (Å²) in [5.41, 5.74) is 8.20. The molecule has 5 nitrogen and oxygen atoms in total. The lowest BCUT2D eigenvalue weighted by Gasteiger charge is -2.44. The maximum absolute atomic E-state index is 12.0. The number of benzene rings is 1. The Balaban J connectivity index is 2.35. The average molecular weight is 277 g/mol. The molecule has 1 amide bonds. The average Bonchev–Trinajstić information content (AvgIpc) is 2.39. The van der Waals surface area contributed by atoms with E-state index in [4.69, 9.17) is 10.5 Å². The van der Waals surface area contributed by atoms with Crippen molar-refractivity contribution in [3.8, 4) is 0 Å². The van der Waals surface area contributed by atoms with Gasteiger partial charge in [-0.3, -0.25) is 4.79 Å². The maximum atomic E-state index is 12.0. The third kappa shape index (κ3) is 2.88. The van der Waals surface area contributed by atoms with Crippen LogP contribution < -0.4 is 16.0 Å². The molecule has 1 fully saturated rings. The summed E-state index contributed by atoms with van der Waals surface area (Å²) in [6.07, 6.45) is 0. The first-order valence-electron chi connectivity index (χ1n) is 6.99. The molecular weight excluding hydrogens is 254 g/mol. The van der Waals surface area contributed by atoms with E-state index in [9.17, 15) is 4.79 Å². The highest BCUT2D eigenvalue weighted by atomic mass is 16.5. The number of hydrogen-bond acceptors (Lipinski definition) is 4. The molecule has 1 saturated heterocycles. The minimum absolute atomic E-state index is 0.0696. The Hall–Kier alpha value is -1.75. The summed E-state index contributed by atoms with van der Waals surface area (Å²) in [7, 11) is 0. The van der Waals surface area contributed by atoms with E-state index in [-0.39, 0.29) is 11.4 Å². The molecule has 0 bridgehead atoms. The maximum Gasteiger partial charge on any atom is 0.251 e. The normalized spacial score (nSPS) is 17.9. The van der Waals surface area contributed by atoms with Crippen LogP contribution in [0.3, 0.4) is 0 Å². The van der Waals surface area contributed by atoms with Crippen molar-refractivity contribution in [2.24, 2.45) is 0 Å². The Morgan fingerprint density at radius 2 is 2.25 bits per heavy atom. The van der Waals surface area contributed by atoms with Gasteiger partial charge in [-0.15, -0.1) is 0 Å². The van der Waals surface area contributed by atoms with Crippen LogP contribution in [0.15, 0.2) is 18.2 Å². The summed E-state index contributed by atoms with van der Waals surface area (Å²) in [5, 5.41) is 2.81. The van der Waals surface area contributed by atoms with Gasteiger partial charge in [0, 0.05) is 18.7 Å². The van der Waals surface area contributed by atoms with Crippen molar-refractivity contribution in [1.29, 1.82) is 0 Å². The van der Waals surface area contributed by atoms with Gasteiger partial charge in [0.25, 0.3) is 5.91 Å². The number of carbonyl (C=O) groups excluding carboxylic acids is 1. The topological polar surface area (TPSA) is 67.6 Å². The number of nitrogens with two attached hydrogens (primary N) is 1. The van der Waals surface area contributed by atoms with Crippen LogP contribution in [0.4, 0.5) is 11.4 Å². The monoisotopic (exact) mass is 277 g/mol. The Labute approximate surface area is 120 Å². The highest BCUT2D eigenvalue weighted by Crippen LogP contribution is 2.32. The predicted molar refractivity (Wildman–Crippen MR) is 81.1 cm³/mol. The zero-order valence-corrected chi connectivity index (χ0v) is 12.4. The molecule has 0 unspecified atom stereocenters. The number of amides is 1. The molecule has 1 aliphatic rings. The van der Waals surface area contributed by atoms with E-state index in [1.807, 2.05) is 13.0 Å². The molecule has 0 atom stereocenters. The van der Waals surface area contributed by atoms with Gasteiger partial charge in [0.15, 0.2) is 0 Å². The first kappa shape index (κ1) is 14.7. The summed E-state index contributed by atoms with van der Waals surface area (Å²) in [4.78, 5) is 14.2. The number of rotatable bonds is 3. The molecule has 1 aliphatic heterocycles. The van der Waals surface area contributed by atoms with Gasteiger partial charge < -0.3 is 20.7 Å². The van der Waals surface area contributed by atoms with Gasteiger partial charge in [0.2, 0.25) is 0 Å². The molecule has 110 valence electrons. The summed E-state index contributed by atoms with van der Waals surface area (Å²) in [6, 6.07) is 5.43. The van der Waals surface area contributed by atoms with E-state index < -0.39 is 0 Å². The molecule has 5 heteroatoms. The van der Waals surface area contributed by atoms with Crippen LogP contribution in [0.2, 0.25) is 0 Å². The van der Waals surface area contributed by atoms with Gasteiger partial charge in [-0.25, -0.2) is 0 Å². The van der Waals surface area contributed by atoms with Crippen molar-refractivity contribution in [3.05, 3.63) is 23.8 Å². The minimum atomic E-state index is -0.133. The third-order valence-electron chi connectivity index (χ3n) is 3.57. The molecule has 0 radical (unpaired) electrons. The molecule has 2 rings (SSSR count). The fraction of sp³-hybridized carbons (Fsp3) is 0.533. The van der Waals surface area contributed by atoms with Crippen molar-refractivity contribution in [2.45, 2.75) is 26.3 Å². The summed E-state index contributed by atoms with van der Waals surface area (Å²) in [6.45, 7) is 8.85. The SMILES string of the molecule is CCNC(=O)c1ccc(N)c(N2CCOCC2(C)C)c1. The Morgan fingerprint density at radius 1 is 1.50 bits per heavy atom. The minimum Gasteiger partial charge on any atom is -0.397 e. The number of ether oxygens (including phenoxy) is 1. The molecule has 20 heavy (non-hydrogen) atoms. The first-order chi connectivity index (χ1) is 9.45. The van der Waals surface area contributed by atoms with Crippen LogP contribution in [-0.4, -0.2) is 37.7 Å². The van der Waals surface area contributed by atoms with Crippen LogP contribution in [0.5, 0.6) is 0 Å². The van der Waals surface area contributed by atoms with Gasteiger partial charge in [0.1, 0.15) is 0 Å². The molecular formula is C15H23N3O2. The second-order valence-electron chi connectivity index (χ2n) is 5.65. The van der Waals surface area contributed by atoms with Gasteiger partial charge in [-0.1, -0.05) is 0 Å². The Bertz CT molecular complexity index is 500. The van der Waals surface area contributed by atoms with E-state index in [2.05, 4.69) is 24.1 Å². The van der Waals surface area contributed by atoms with Crippen LogP contribution in [-0.2, 0) is 4.74 Å². The highest BCUT2D eigenvalue weighted by molar-refractivity contribution is 5.96. The van der Waals surface area contributed by atoms with Gasteiger partial charge in [-0.05, 0) is 39.0 Å². The van der Waals surface area contributed by atoms with E-state index in [1.54, 1.807) is 12.1 Å². The second kappa shape index (κ2) is 5.71. The van der Waals surface area contributed by atoms with Gasteiger partial charge in [-0.2, -0.15) is 0 Å². The molecule has 1 aromatic carbocycles. The predicted octanol–water partition coefficient (Wildman–Crippen LogP) is 1.63. The Kier molecular flexibility index (Phi) is 4.18. The smallest absolute Gasteiger partial charge is 0.251 e. The molecule has 0 saturated carbocycles. The zero-order valence-electron chi connectivity index (χ0n) is 12.4. The number of nitrogens with one attached hydrogen (secondary N) is 1. The van der Waals surface area contributed by atoms with Crippen LogP contribution in [0.25, 0.3) is 0 Å². The largest absolute Gasteiger partial charge is 0.397 e. The number of carbonyl (C=O) groups is 1. The summed E-state index contributed by atoms with van der Waals surface area (Å²) < 4.78 is 5.53. The number of hydrogen-bond donors (Lipinski definition) is 2. The van der Waals surface area contributed by atoms with Crippen molar-refractivity contribution in [2.75, 3.05) is 36.9 Å². The summed E-state index contributed by atoms with van der Waals surface area (Å²) >= 11 is 0. The number of nitrogens with zero attached hydrogens (tertiary/aromatic N) is 1. The second-order valence-corrected chi connectivity index (χ2v) is 5.65. The summed E-state index contributed by atoms with van der Waals surface area (Å²) in [5.74, 6) is -0.0696. The van der Waals surface area contributed by atoms with Gasteiger partial charge in [0.05, 0.1) is 30.1 Å². The van der Waals surface area contributed by atoms with Crippen LogP contribution in [0, 0.1) is 0 Å². The Morgan fingerprint density at radius 3 is 2.90 bits per heavy atom. The zero-order chi connectivity index (χ0) is 14.8. The third-order valence-corrected chi connectivity index (χ3v) is 3.57. The fourth-order valence-electron chi connectivity index (χ4n) is 2.49. The molecule has 3 N–H and O–H groups in total. The lowest BCUT2D eigenvalue weighted by Crippen LogP contribution is -2.53. The molecule has 0 spiro atoms. The van der Waals surface area contributed by atoms with E-state index >= 15 is 0 Å². The molecule has 0 aliphatic carbocycles. The van der Waals surface area contributed by atoms with Crippen LogP contribution >= 0.6 is 0 Å². The first-order valence-corrected chi connectivity index (χ1v) is 6.99. The number of morpholine rings is 1. The van der Waals surface area contributed by atoms with Crippen molar-refractivity contribution in [1.82, 2.24) is 5.32 Å². The fourth-order valence-corrected chi connectivity index (χ4v) is 2.49. The van der Waals surface area contributed by atoms with Crippen molar-refractivity contribution in [3.63, 3.8) is 0 Å². The lowest BCUT2D eigenvalue weighted by atomic mass is 10.00. The lowest BCUT2D eigenvalue weighted by molar-refractivity contribution is 0.0645. The van der Waals surface area contributed by atoms with Gasteiger partial charge >= 0.3 is 0 Å². The van der Waals surface area contributed by atoms with Crippen LogP contribution in [0.1, 0.15) is 31.1 Å². The number of nitrogen functional groups attached to an aromatic ring is 1. The van der Waals surface area contributed by atoms with E-state index in [0.29, 0.717) is 31.0 Å². The van der Waals surface area contributed by atoms with E-state index in [0.717, 1.165) is 12.2 Å². The molecule has 0 aromatic heterocycles. The number of anilines is 2.